The second kappa shape index (κ2) is 8.82. The van der Waals surface area contributed by atoms with Gasteiger partial charge in [0, 0.05) is 5.69 Å². The van der Waals surface area contributed by atoms with Crippen LogP contribution in [0, 0.1) is 6.92 Å². The summed E-state index contributed by atoms with van der Waals surface area (Å²) in [7, 11) is 0. The number of likely N-dealkylation sites (tertiary alicyclic amines) is 1. The average Bonchev–Trinajstić information content (AvgIpc) is 2.60. The number of aryl methyl sites for hydroxylation is 1. The zero-order chi connectivity index (χ0) is 17.5. The lowest BCUT2D eigenvalue weighted by Gasteiger charge is -2.32. The normalized spacial score (nSPS) is 17.3. The van der Waals surface area contributed by atoms with Gasteiger partial charge in [-0.15, -0.1) is 0 Å². The first-order valence-electron chi connectivity index (χ1n) is 9.40. The SMILES string of the molecule is Cc1ccc(NC(=O)[C@H](c2ccccc2)N2CCCCCCC2)cc1. The lowest BCUT2D eigenvalue weighted by molar-refractivity contribution is -0.121. The van der Waals surface area contributed by atoms with Crippen LogP contribution in [0.25, 0.3) is 0 Å². The van der Waals surface area contributed by atoms with E-state index in [1.54, 1.807) is 0 Å². The fraction of sp³-hybridized carbons (Fsp3) is 0.409. The van der Waals surface area contributed by atoms with Crippen molar-refractivity contribution in [2.24, 2.45) is 0 Å². The van der Waals surface area contributed by atoms with Crippen molar-refractivity contribution >= 4 is 11.6 Å². The van der Waals surface area contributed by atoms with Crippen LogP contribution in [-0.2, 0) is 4.79 Å². The van der Waals surface area contributed by atoms with E-state index in [0.717, 1.165) is 24.3 Å². The van der Waals surface area contributed by atoms with Crippen molar-refractivity contribution in [1.82, 2.24) is 4.90 Å². The summed E-state index contributed by atoms with van der Waals surface area (Å²) < 4.78 is 0. The van der Waals surface area contributed by atoms with Gasteiger partial charge in [-0.1, -0.05) is 67.3 Å². The minimum Gasteiger partial charge on any atom is -0.324 e. The van der Waals surface area contributed by atoms with Crippen LogP contribution in [0.3, 0.4) is 0 Å². The minimum absolute atomic E-state index is 0.0654. The summed E-state index contributed by atoms with van der Waals surface area (Å²) in [6.07, 6.45) is 6.18. The number of amides is 1. The van der Waals surface area contributed by atoms with Gasteiger partial charge < -0.3 is 5.32 Å². The molecule has 2 aromatic rings. The second-order valence-corrected chi connectivity index (χ2v) is 6.97. The van der Waals surface area contributed by atoms with Crippen LogP contribution in [0.5, 0.6) is 0 Å². The van der Waals surface area contributed by atoms with Crippen molar-refractivity contribution in [3.05, 3.63) is 65.7 Å². The number of carbonyl (C=O) groups is 1. The molecule has 1 amide bonds. The first-order chi connectivity index (χ1) is 12.2. The Morgan fingerprint density at radius 3 is 2.12 bits per heavy atom. The third kappa shape index (κ3) is 4.93. The molecule has 2 aromatic carbocycles. The highest BCUT2D eigenvalue weighted by molar-refractivity contribution is 5.95. The maximum absolute atomic E-state index is 13.1. The number of nitrogens with one attached hydrogen (secondary N) is 1. The molecule has 3 nitrogen and oxygen atoms in total. The molecule has 0 saturated carbocycles. The molecular weight excluding hydrogens is 308 g/mol. The molecule has 1 atom stereocenters. The highest BCUT2D eigenvalue weighted by Crippen LogP contribution is 2.25. The van der Waals surface area contributed by atoms with Crippen LogP contribution >= 0.6 is 0 Å². The smallest absolute Gasteiger partial charge is 0.246 e. The predicted octanol–water partition coefficient (Wildman–Crippen LogP) is 4.94. The van der Waals surface area contributed by atoms with Crippen molar-refractivity contribution < 1.29 is 4.79 Å². The summed E-state index contributed by atoms with van der Waals surface area (Å²) in [6, 6.07) is 18.0. The summed E-state index contributed by atoms with van der Waals surface area (Å²) in [5, 5.41) is 3.12. The number of hydrogen-bond acceptors (Lipinski definition) is 2. The van der Waals surface area contributed by atoms with E-state index in [2.05, 4.69) is 29.3 Å². The first-order valence-corrected chi connectivity index (χ1v) is 9.40. The van der Waals surface area contributed by atoms with Crippen LogP contribution in [0.2, 0.25) is 0 Å². The Morgan fingerprint density at radius 2 is 1.48 bits per heavy atom. The third-order valence-corrected chi connectivity index (χ3v) is 4.94. The molecule has 0 aliphatic carbocycles. The van der Waals surface area contributed by atoms with Gasteiger partial charge in [0.2, 0.25) is 5.91 Å². The highest BCUT2D eigenvalue weighted by atomic mass is 16.2. The first kappa shape index (κ1) is 17.7. The van der Waals surface area contributed by atoms with E-state index in [1.807, 2.05) is 42.5 Å². The second-order valence-electron chi connectivity index (χ2n) is 6.97. The van der Waals surface area contributed by atoms with Gasteiger partial charge in [-0.05, 0) is 50.6 Å². The number of benzene rings is 2. The van der Waals surface area contributed by atoms with E-state index in [9.17, 15) is 4.79 Å². The lowest BCUT2D eigenvalue weighted by Crippen LogP contribution is -2.39. The molecule has 1 saturated heterocycles. The van der Waals surface area contributed by atoms with Gasteiger partial charge in [-0.3, -0.25) is 9.69 Å². The van der Waals surface area contributed by atoms with Crippen LogP contribution in [0.1, 0.15) is 49.3 Å². The number of carbonyl (C=O) groups excluding carboxylic acids is 1. The van der Waals surface area contributed by atoms with Gasteiger partial charge in [-0.2, -0.15) is 0 Å². The Morgan fingerprint density at radius 1 is 0.880 bits per heavy atom. The Balaban J connectivity index is 1.82. The largest absolute Gasteiger partial charge is 0.324 e. The van der Waals surface area contributed by atoms with Crippen LogP contribution in [-0.4, -0.2) is 23.9 Å². The zero-order valence-corrected chi connectivity index (χ0v) is 15.1. The molecule has 0 aromatic heterocycles. The van der Waals surface area contributed by atoms with Crippen molar-refractivity contribution in [2.45, 2.75) is 45.1 Å². The molecular formula is C22H28N2O. The fourth-order valence-electron chi connectivity index (χ4n) is 3.54. The molecule has 0 bridgehead atoms. The summed E-state index contributed by atoms with van der Waals surface area (Å²) in [5.41, 5.74) is 3.14. The lowest BCUT2D eigenvalue weighted by atomic mass is 10.0. The van der Waals surface area contributed by atoms with Crippen molar-refractivity contribution in [3.8, 4) is 0 Å². The van der Waals surface area contributed by atoms with Crippen LogP contribution in [0.15, 0.2) is 54.6 Å². The van der Waals surface area contributed by atoms with Gasteiger partial charge in [-0.25, -0.2) is 0 Å². The third-order valence-electron chi connectivity index (χ3n) is 4.94. The number of nitrogens with zero attached hydrogens (tertiary/aromatic N) is 1. The molecule has 0 radical (unpaired) electrons. The molecule has 3 rings (SSSR count). The van der Waals surface area contributed by atoms with Crippen molar-refractivity contribution in [1.29, 1.82) is 0 Å². The maximum Gasteiger partial charge on any atom is 0.246 e. The number of rotatable bonds is 4. The Bertz CT molecular complexity index is 658. The van der Waals surface area contributed by atoms with Crippen LogP contribution < -0.4 is 5.32 Å². The molecule has 3 heteroatoms. The van der Waals surface area contributed by atoms with E-state index in [4.69, 9.17) is 0 Å². The molecule has 0 unspecified atom stereocenters. The zero-order valence-electron chi connectivity index (χ0n) is 15.1. The molecule has 132 valence electrons. The molecule has 1 aliphatic heterocycles. The van der Waals surface area contributed by atoms with Gasteiger partial charge in [0.05, 0.1) is 0 Å². The Hall–Kier alpha value is -2.13. The molecule has 1 N–H and O–H groups in total. The average molecular weight is 336 g/mol. The van der Waals surface area contributed by atoms with Crippen molar-refractivity contribution in [2.75, 3.05) is 18.4 Å². The van der Waals surface area contributed by atoms with Gasteiger partial charge in [0.25, 0.3) is 0 Å². The van der Waals surface area contributed by atoms with E-state index >= 15 is 0 Å². The molecule has 1 heterocycles. The number of hydrogen-bond donors (Lipinski definition) is 1. The monoisotopic (exact) mass is 336 g/mol. The van der Waals surface area contributed by atoms with E-state index in [1.165, 1.54) is 37.7 Å². The van der Waals surface area contributed by atoms with E-state index < -0.39 is 0 Å². The quantitative estimate of drug-likeness (QED) is 0.857. The van der Waals surface area contributed by atoms with Crippen molar-refractivity contribution in [3.63, 3.8) is 0 Å². The maximum atomic E-state index is 13.1. The minimum atomic E-state index is -0.222. The van der Waals surface area contributed by atoms with Gasteiger partial charge >= 0.3 is 0 Å². The Kier molecular flexibility index (Phi) is 6.24. The highest BCUT2D eigenvalue weighted by Gasteiger charge is 2.27. The van der Waals surface area contributed by atoms with E-state index in [-0.39, 0.29) is 11.9 Å². The topological polar surface area (TPSA) is 32.3 Å². The summed E-state index contributed by atoms with van der Waals surface area (Å²) in [5.74, 6) is 0.0654. The predicted molar refractivity (Wildman–Crippen MR) is 104 cm³/mol. The molecule has 25 heavy (non-hydrogen) atoms. The summed E-state index contributed by atoms with van der Waals surface area (Å²) in [6.45, 7) is 4.03. The fourth-order valence-corrected chi connectivity index (χ4v) is 3.54. The summed E-state index contributed by atoms with van der Waals surface area (Å²) >= 11 is 0. The summed E-state index contributed by atoms with van der Waals surface area (Å²) in [4.78, 5) is 15.5. The van der Waals surface area contributed by atoms with Crippen LogP contribution in [0.4, 0.5) is 5.69 Å². The molecule has 0 spiro atoms. The molecule has 1 aliphatic rings. The molecule has 1 fully saturated rings. The Labute approximate surface area is 151 Å². The van der Waals surface area contributed by atoms with E-state index in [0.29, 0.717) is 0 Å². The standard InChI is InChI=1S/C22H28N2O/c1-18-12-14-20(15-13-18)23-22(25)21(19-10-6-5-7-11-19)24-16-8-3-2-4-9-17-24/h5-7,10-15,21H,2-4,8-9,16-17H2,1H3,(H,23,25)/t21-/m0/s1. The number of anilines is 1. The van der Waals surface area contributed by atoms with Gasteiger partial charge in [0.15, 0.2) is 0 Å². The van der Waals surface area contributed by atoms with Gasteiger partial charge in [0.1, 0.15) is 6.04 Å².